The highest BCUT2D eigenvalue weighted by Crippen LogP contribution is 2.36. The number of ether oxygens (including phenoxy) is 2. The predicted molar refractivity (Wildman–Crippen MR) is 99.5 cm³/mol. The van der Waals surface area contributed by atoms with Crippen LogP contribution in [0.2, 0.25) is 0 Å². The summed E-state index contributed by atoms with van der Waals surface area (Å²) in [5.41, 5.74) is 2.17. The van der Waals surface area contributed by atoms with Crippen molar-refractivity contribution >= 4 is 33.3 Å². The number of carbonyl (C=O) groups is 2. The maximum atomic E-state index is 13.3. The van der Waals surface area contributed by atoms with E-state index in [0.29, 0.717) is 13.0 Å². The third kappa shape index (κ3) is 3.38. The van der Waals surface area contributed by atoms with E-state index in [-0.39, 0.29) is 26.8 Å². The molecule has 1 aliphatic rings. The summed E-state index contributed by atoms with van der Waals surface area (Å²) in [6.45, 7) is 2.02. The maximum absolute atomic E-state index is 13.3. The van der Waals surface area contributed by atoms with Crippen LogP contribution in [-0.2, 0) is 32.5 Å². The van der Waals surface area contributed by atoms with Crippen molar-refractivity contribution in [2.45, 2.75) is 24.1 Å². The lowest BCUT2D eigenvalue weighted by Gasteiger charge is -2.27. The first-order valence-corrected chi connectivity index (χ1v) is 10.4. The minimum atomic E-state index is -3.99. The van der Waals surface area contributed by atoms with E-state index in [0.717, 1.165) is 22.5 Å². The maximum Gasteiger partial charge on any atom is 0.348 e. The van der Waals surface area contributed by atoms with Crippen molar-refractivity contribution in [2.75, 3.05) is 20.8 Å². The molecule has 0 spiro atoms. The van der Waals surface area contributed by atoms with Gasteiger partial charge in [0.25, 0.3) is 10.0 Å². The molecule has 0 N–H and O–H groups in total. The standard InChI is InChI=1S/C18H19NO6S2/c1-11-14(16(20)24-2)18(26-15(11)17(21)25-3)27(22,23)19-9-8-12-6-4-5-7-13(12)10-19/h4-7H,8-10H2,1-3H3. The Morgan fingerprint density at radius 3 is 2.33 bits per heavy atom. The zero-order valence-electron chi connectivity index (χ0n) is 15.1. The SMILES string of the molecule is COC(=O)c1sc(S(=O)(=O)N2CCc3ccccc3C2)c(C(=O)OC)c1C. The van der Waals surface area contributed by atoms with E-state index in [1.54, 1.807) is 0 Å². The van der Waals surface area contributed by atoms with Crippen LogP contribution in [0.4, 0.5) is 0 Å². The second-order valence-corrected chi connectivity index (χ2v) is 9.21. The van der Waals surface area contributed by atoms with E-state index in [9.17, 15) is 18.0 Å². The van der Waals surface area contributed by atoms with Gasteiger partial charge >= 0.3 is 11.9 Å². The molecule has 0 radical (unpaired) electrons. The van der Waals surface area contributed by atoms with Crippen molar-refractivity contribution in [1.82, 2.24) is 4.31 Å². The zero-order valence-corrected chi connectivity index (χ0v) is 16.8. The number of nitrogens with zero attached hydrogens (tertiary/aromatic N) is 1. The summed E-state index contributed by atoms with van der Waals surface area (Å²) in [6.07, 6.45) is 0.581. The van der Waals surface area contributed by atoms with Crippen molar-refractivity contribution in [3.8, 4) is 0 Å². The van der Waals surface area contributed by atoms with Crippen LogP contribution in [0.1, 0.15) is 36.7 Å². The first kappa shape index (κ1) is 19.5. The molecule has 144 valence electrons. The van der Waals surface area contributed by atoms with Gasteiger partial charge in [-0.15, -0.1) is 11.3 Å². The number of benzene rings is 1. The van der Waals surface area contributed by atoms with Crippen LogP contribution >= 0.6 is 11.3 Å². The number of rotatable bonds is 4. The minimum absolute atomic E-state index is 0.0777. The zero-order chi connectivity index (χ0) is 19.8. The van der Waals surface area contributed by atoms with Gasteiger partial charge in [0.1, 0.15) is 4.88 Å². The van der Waals surface area contributed by atoms with Crippen molar-refractivity contribution in [3.05, 3.63) is 51.4 Å². The van der Waals surface area contributed by atoms with Crippen LogP contribution < -0.4 is 0 Å². The highest BCUT2D eigenvalue weighted by atomic mass is 32.2. The molecule has 1 aromatic carbocycles. The van der Waals surface area contributed by atoms with E-state index in [1.165, 1.54) is 25.4 Å². The molecule has 0 amide bonds. The number of thiophene rings is 1. The molecule has 0 atom stereocenters. The largest absolute Gasteiger partial charge is 0.465 e. The Labute approximate surface area is 161 Å². The summed E-state index contributed by atoms with van der Waals surface area (Å²) in [7, 11) is -1.62. The molecular weight excluding hydrogens is 390 g/mol. The number of hydrogen-bond acceptors (Lipinski definition) is 7. The fraction of sp³-hybridized carbons (Fsp3) is 0.333. The third-order valence-electron chi connectivity index (χ3n) is 4.54. The van der Waals surface area contributed by atoms with E-state index >= 15 is 0 Å². The average molecular weight is 409 g/mol. The van der Waals surface area contributed by atoms with Gasteiger partial charge in [0.2, 0.25) is 0 Å². The lowest BCUT2D eigenvalue weighted by Crippen LogP contribution is -2.36. The normalized spacial score (nSPS) is 14.5. The van der Waals surface area contributed by atoms with Gasteiger partial charge in [0.05, 0.1) is 19.8 Å². The Morgan fingerprint density at radius 1 is 1.07 bits per heavy atom. The predicted octanol–water partition coefficient (Wildman–Crippen LogP) is 2.38. The van der Waals surface area contributed by atoms with Crippen molar-refractivity contribution < 1.29 is 27.5 Å². The van der Waals surface area contributed by atoms with Gasteiger partial charge < -0.3 is 9.47 Å². The topological polar surface area (TPSA) is 90.0 Å². The number of fused-ring (bicyclic) bond motifs is 1. The lowest BCUT2D eigenvalue weighted by molar-refractivity contribution is 0.0596. The van der Waals surface area contributed by atoms with E-state index in [2.05, 4.69) is 0 Å². The van der Waals surface area contributed by atoms with Gasteiger partial charge in [-0.25, -0.2) is 18.0 Å². The van der Waals surface area contributed by atoms with Crippen molar-refractivity contribution in [1.29, 1.82) is 0 Å². The molecule has 9 heteroatoms. The fourth-order valence-electron chi connectivity index (χ4n) is 3.09. The van der Waals surface area contributed by atoms with Gasteiger partial charge in [-0.1, -0.05) is 24.3 Å². The van der Waals surface area contributed by atoms with Crippen molar-refractivity contribution in [2.24, 2.45) is 0 Å². The van der Waals surface area contributed by atoms with E-state index < -0.39 is 22.0 Å². The second kappa shape index (κ2) is 7.41. The summed E-state index contributed by atoms with van der Waals surface area (Å²) in [5, 5.41) is 0. The molecular formula is C18H19NO6S2. The lowest BCUT2D eigenvalue weighted by atomic mass is 10.0. The third-order valence-corrected chi connectivity index (χ3v) is 8.16. The summed E-state index contributed by atoms with van der Waals surface area (Å²) in [6, 6.07) is 7.64. The highest BCUT2D eigenvalue weighted by Gasteiger charge is 2.37. The van der Waals surface area contributed by atoms with Gasteiger partial charge in [-0.3, -0.25) is 0 Å². The molecule has 0 aliphatic carbocycles. The smallest absolute Gasteiger partial charge is 0.348 e. The van der Waals surface area contributed by atoms with Crippen LogP contribution in [0.15, 0.2) is 28.5 Å². The van der Waals surface area contributed by atoms with Gasteiger partial charge in [-0.05, 0) is 30.0 Å². The molecule has 0 fully saturated rings. The van der Waals surface area contributed by atoms with Gasteiger partial charge in [0.15, 0.2) is 4.21 Å². The van der Waals surface area contributed by atoms with Crippen LogP contribution in [0, 0.1) is 6.92 Å². The number of esters is 2. The molecule has 0 saturated heterocycles. The fourth-order valence-corrected chi connectivity index (χ4v) is 6.39. The average Bonchev–Trinajstić information content (AvgIpc) is 3.04. The Hall–Kier alpha value is -2.23. The second-order valence-electron chi connectivity index (χ2n) is 6.06. The van der Waals surface area contributed by atoms with Gasteiger partial charge in [-0.2, -0.15) is 4.31 Å². The molecule has 2 aromatic rings. The molecule has 1 aliphatic heterocycles. The highest BCUT2D eigenvalue weighted by molar-refractivity contribution is 7.91. The molecule has 0 unspecified atom stereocenters. The van der Waals surface area contributed by atoms with Gasteiger partial charge in [0, 0.05) is 13.1 Å². The summed E-state index contributed by atoms with van der Waals surface area (Å²) >= 11 is 0.739. The molecule has 27 heavy (non-hydrogen) atoms. The molecule has 0 saturated carbocycles. The minimum Gasteiger partial charge on any atom is -0.465 e. The molecule has 2 heterocycles. The van der Waals surface area contributed by atoms with Crippen LogP contribution in [-0.4, -0.2) is 45.4 Å². The molecule has 7 nitrogen and oxygen atoms in total. The summed E-state index contributed by atoms with van der Waals surface area (Å²) < 4.78 is 37.2. The quantitative estimate of drug-likeness (QED) is 0.720. The Morgan fingerprint density at radius 2 is 1.70 bits per heavy atom. The number of methoxy groups -OCH3 is 2. The van der Waals surface area contributed by atoms with Crippen LogP contribution in [0.25, 0.3) is 0 Å². The van der Waals surface area contributed by atoms with Crippen LogP contribution in [0.3, 0.4) is 0 Å². The van der Waals surface area contributed by atoms with E-state index in [1.807, 2.05) is 24.3 Å². The monoisotopic (exact) mass is 409 g/mol. The van der Waals surface area contributed by atoms with E-state index in [4.69, 9.17) is 9.47 Å². The first-order valence-electron chi connectivity index (χ1n) is 8.18. The number of carbonyl (C=O) groups excluding carboxylic acids is 2. The molecule has 1 aromatic heterocycles. The Kier molecular flexibility index (Phi) is 5.36. The Bertz CT molecular complexity index is 1010. The Balaban J connectivity index is 2.09. The number of hydrogen-bond donors (Lipinski definition) is 0. The molecule has 3 rings (SSSR count). The first-order chi connectivity index (χ1) is 12.8. The summed E-state index contributed by atoms with van der Waals surface area (Å²) in [5.74, 6) is -1.48. The summed E-state index contributed by atoms with van der Waals surface area (Å²) in [4.78, 5) is 24.3. The molecule has 0 bridgehead atoms. The number of sulfonamides is 1. The van der Waals surface area contributed by atoms with Crippen LogP contribution in [0.5, 0.6) is 0 Å². The van der Waals surface area contributed by atoms with Crippen molar-refractivity contribution in [3.63, 3.8) is 0 Å².